The minimum Gasteiger partial charge on any atom is -0.481 e. The van der Waals surface area contributed by atoms with Crippen molar-refractivity contribution in [1.82, 2.24) is 10.2 Å². The second kappa shape index (κ2) is 10.8. The summed E-state index contributed by atoms with van der Waals surface area (Å²) in [6, 6.07) is 14.1. The Morgan fingerprint density at radius 3 is 2.66 bits per heavy atom. The van der Waals surface area contributed by atoms with Crippen molar-refractivity contribution < 1.29 is 24.3 Å². The molecule has 0 bridgehead atoms. The third kappa shape index (κ3) is 6.03. The number of hydrogen-bond acceptors (Lipinski definition) is 7. The zero-order valence-corrected chi connectivity index (χ0v) is 19.1. The standard InChI is InChI=1S/C25H27N5O5/c26-27-14-16-5-7-18(8-6-16)21-11-20(35-29-21)12-23(31)28-22(13-24(32)33)25(34)30-10-9-17-3-1-2-4-19(17)15-30/h1-8,14,20,22H,9-13,15,26H2,(H,28,31)(H,32,33). The van der Waals surface area contributed by atoms with Crippen LogP contribution in [0.3, 0.4) is 0 Å². The smallest absolute Gasteiger partial charge is 0.305 e. The lowest BCUT2D eigenvalue weighted by atomic mass is 9.99. The molecule has 0 saturated carbocycles. The molecule has 182 valence electrons. The maximum Gasteiger partial charge on any atom is 0.305 e. The molecule has 2 heterocycles. The normalized spacial score (nSPS) is 17.9. The molecule has 4 rings (SSSR count). The molecule has 10 heteroatoms. The van der Waals surface area contributed by atoms with E-state index in [1.54, 1.807) is 4.90 Å². The third-order valence-corrected chi connectivity index (χ3v) is 6.07. The number of nitrogens with two attached hydrogens (primary N) is 1. The Morgan fingerprint density at radius 2 is 1.94 bits per heavy atom. The number of carboxylic acids is 1. The summed E-state index contributed by atoms with van der Waals surface area (Å²) in [6.07, 6.45) is 1.59. The minimum atomic E-state index is -1.16. The lowest BCUT2D eigenvalue weighted by Gasteiger charge is -2.31. The summed E-state index contributed by atoms with van der Waals surface area (Å²) in [7, 11) is 0. The van der Waals surface area contributed by atoms with E-state index in [1.807, 2.05) is 48.5 Å². The van der Waals surface area contributed by atoms with Crippen LogP contribution in [0.15, 0.2) is 58.8 Å². The number of rotatable bonds is 8. The monoisotopic (exact) mass is 477 g/mol. The van der Waals surface area contributed by atoms with Crippen LogP contribution in [0.1, 0.15) is 41.5 Å². The maximum atomic E-state index is 13.1. The predicted octanol–water partition coefficient (Wildman–Crippen LogP) is 1.41. The molecule has 2 amide bonds. The van der Waals surface area contributed by atoms with E-state index in [4.69, 9.17) is 10.7 Å². The largest absolute Gasteiger partial charge is 0.481 e. The number of hydrazone groups is 1. The van der Waals surface area contributed by atoms with Gasteiger partial charge in [-0.3, -0.25) is 14.4 Å². The van der Waals surface area contributed by atoms with E-state index in [9.17, 15) is 19.5 Å². The van der Waals surface area contributed by atoms with Crippen molar-refractivity contribution in [3.63, 3.8) is 0 Å². The van der Waals surface area contributed by atoms with Crippen molar-refractivity contribution in [2.45, 2.75) is 44.4 Å². The average molecular weight is 478 g/mol. The number of hydrogen-bond donors (Lipinski definition) is 3. The SMILES string of the molecule is NN=Cc1ccc(C2=NOC(CC(=O)NC(CC(=O)O)C(=O)N3CCc4ccccc4C3)C2)cc1. The second-order valence-corrected chi connectivity index (χ2v) is 8.57. The van der Waals surface area contributed by atoms with Gasteiger partial charge in [0, 0.05) is 19.5 Å². The van der Waals surface area contributed by atoms with E-state index in [2.05, 4.69) is 15.6 Å². The molecule has 0 radical (unpaired) electrons. The number of carbonyl (C=O) groups excluding carboxylic acids is 2. The zero-order valence-electron chi connectivity index (χ0n) is 19.1. The topological polar surface area (TPSA) is 147 Å². The highest BCUT2D eigenvalue weighted by Gasteiger charge is 2.32. The van der Waals surface area contributed by atoms with Gasteiger partial charge >= 0.3 is 5.97 Å². The van der Waals surface area contributed by atoms with Gasteiger partial charge in [-0.1, -0.05) is 53.7 Å². The van der Waals surface area contributed by atoms with Crippen LogP contribution in [0.5, 0.6) is 0 Å². The van der Waals surface area contributed by atoms with Crippen LogP contribution in [0.2, 0.25) is 0 Å². The Balaban J connectivity index is 1.33. The van der Waals surface area contributed by atoms with Gasteiger partial charge in [-0.25, -0.2) is 0 Å². The number of oxime groups is 1. The van der Waals surface area contributed by atoms with Crippen molar-refractivity contribution in [1.29, 1.82) is 0 Å². The summed E-state index contributed by atoms with van der Waals surface area (Å²) in [5.41, 5.74) is 4.60. The van der Waals surface area contributed by atoms with Crippen LogP contribution in [0.4, 0.5) is 0 Å². The molecule has 35 heavy (non-hydrogen) atoms. The highest BCUT2D eigenvalue weighted by Crippen LogP contribution is 2.21. The summed E-state index contributed by atoms with van der Waals surface area (Å²) >= 11 is 0. The van der Waals surface area contributed by atoms with Crippen molar-refractivity contribution in [3.05, 3.63) is 70.8 Å². The number of benzene rings is 2. The van der Waals surface area contributed by atoms with Crippen LogP contribution in [0, 0.1) is 0 Å². The molecule has 4 N–H and O–H groups in total. The Hall–Kier alpha value is -4.21. The molecular weight excluding hydrogens is 450 g/mol. The summed E-state index contributed by atoms with van der Waals surface area (Å²) < 4.78 is 0. The molecule has 0 spiro atoms. The highest BCUT2D eigenvalue weighted by atomic mass is 16.6. The van der Waals surface area contributed by atoms with Gasteiger partial charge in [0.15, 0.2) is 0 Å². The summed E-state index contributed by atoms with van der Waals surface area (Å²) in [5.74, 6) is 3.14. The Morgan fingerprint density at radius 1 is 1.20 bits per heavy atom. The number of carboxylic acid groups (broad SMARTS) is 1. The van der Waals surface area contributed by atoms with E-state index in [1.165, 1.54) is 11.8 Å². The molecule has 0 aromatic heterocycles. The zero-order chi connectivity index (χ0) is 24.8. The van der Waals surface area contributed by atoms with Gasteiger partial charge in [0.2, 0.25) is 11.8 Å². The first kappa shape index (κ1) is 23.9. The molecule has 0 fully saturated rings. The van der Waals surface area contributed by atoms with Crippen LogP contribution in [-0.4, -0.2) is 58.4 Å². The van der Waals surface area contributed by atoms with Gasteiger partial charge in [0.1, 0.15) is 12.1 Å². The number of aliphatic carboxylic acids is 1. The van der Waals surface area contributed by atoms with Crippen molar-refractivity contribution in [2.24, 2.45) is 16.1 Å². The molecule has 2 atom stereocenters. The Labute approximate surface area is 202 Å². The molecule has 2 unspecified atom stereocenters. The van der Waals surface area contributed by atoms with Gasteiger partial charge in [-0.15, -0.1) is 0 Å². The van der Waals surface area contributed by atoms with Crippen molar-refractivity contribution in [3.8, 4) is 0 Å². The lowest BCUT2D eigenvalue weighted by Crippen LogP contribution is -2.51. The minimum absolute atomic E-state index is 0.0445. The van der Waals surface area contributed by atoms with Crippen molar-refractivity contribution in [2.75, 3.05) is 6.54 Å². The lowest BCUT2D eigenvalue weighted by molar-refractivity contribution is -0.144. The number of carbonyl (C=O) groups is 3. The predicted molar refractivity (Wildman–Crippen MR) is 129 cm³/mol. The highest BCUT2D eigenvalue weighted by molar-refractivity contribution is 6.02. The molecule has 2 aromatic carbocycles. The van der Waals surface area contributed by atoms with Gasteiger partial charge in [-0.05, 0) is 28.7 Å². The summed E-state index contributed by atoms with van der Waals surface area (Å²) in [5, 5.41) is 19.5. The van der Waals surface area contributed by atoms with E-state index in [0.29, 0.717) is 31.6 Å². The third-order valence-electron chi connectivity index (χ3n) is 6.07. The molecule has 2 aromatic rings. The number of amides is 2. The van der Waals surface area contributed by atoms with Crippen LogP contribution in [-0.2, 0) is 32.2 Å². The molecule has 0 aliphatic carbocycles. The van der Waals surface area contributed by atoms with Crippen LogP contribution < -0.4 is 11.2 Å². The van der Waals surface area contributed by atoms with E-state index < -0.39 is 36.4 Å². The summed E-state index contributed by atoms with van der Waals surface area (Å²) in [4.78, 5) is 44.2. The maximum absolute atomic E-state index is 13.1. The quantitative estimate of drug-likeness (QED) is 0.298. The Kier molecular flexibility index (Phi) is 7.39. The van der Waals surface area contributed by atoms with E-state index in [0.717, 1.165) is 16.7 Å². The van der Waals surface area contributed by atoms with E-state index in [-0.39, 0.29) is 6.42 Å². The van der Waals surface area contributed by atoms with Crippen LogP contribution >= 0.6 is 0 Å². The molecule has 0 saturated heterocycles. The molecule has 2 aliphatic rings. The molecular formula is C25H27N5O5. The van der Waals surface area contributed by atoms with E-state index >= 15 is 0 Å². The Bertz CT molecular complexity index is 1160. The van der Waals surface area contributed by atoms with Gasteiger partial charge < -0.3 is 26.0 Å². The molecule has 2 aliphatic heterocycles. The molecule has 10 nitrogen and oxygen atoms in total. The number of nitrogens with one attached hydrogen (secondary N) is 1. The first-order valence-electron chi connectivity index (χ1n) is 11.4. The first-order chi connectivity index (χ1) is 16.9. The summed E-state index contributed by atoms with van der Waals surface area (Å²) in [6.45, 7) is 0.862. The fourth-order valence-electron chi connectivity index (χ4n) is 4.29. The van der Waals surface area contributed by atoms with Crippen LogP contribution in [0.25, 0.3) is 0 Å². The number of fused-ring (bicyclic) bond motifs is 1. The van der Waals surface area contributed by atoms with Gasteiger partial charge in [-0.2, -0.15) is 5.10 Å². The number of nitrogens with zero attached hydrogens (tertiary/aromatic N) is 3. The van der Waals surface area contributed by atoms with Gasteiger partial charge in [0.25, 0.3) is 0 Å². The second-order valence-electron chi connectivity index (χ2n) is 8.57. The van der Waals surface area contributed by atoms with Gasteiger partial charge in [0.05, 0.1) is 24.8 Å². The van der Waals surface area contributed by atoms with Crippen molar-refractivity contribution >= 4 is 29.7 Å². The fraction of sp³-hybridized carbons (Fsp3) is 0.320. The average Bonchev–Trinajstić information content (AvgIpc) is 3.31. The first-order valence-corrected chi connectivity index (χ1v) is 11.4. The fourth-order valence-corrected chi connectivity index (χ4v) is 4.29.